The molecule has 1 fully saturated rings. The summed E-state index contributed by atoms with van der Waals surface area (Å²) < 4.78 is 0. The predicted molar refractivity (Wildman–Crippen MR) is 93.8 cm³/mol. The molecule has 2 rings (SSSR count). The summed E-state index contributed by atoms with van der Waals surface area (Å²) in [6.07, 6.45) is 8.58. The van der Waals surface area contributed by atoms with Gasteiger partial charge in [-0.15, -0.1) is 10.1 Å². The third-order valence-corrected chi connectivity index (χ3v) is 5.25. The van der Waals surface area contributed by atoms with Gasteiger partial charge in [0.1, 0.15) is 5.75 Å². The molecule has 1 aromatic carbocycles. The molecular weight excluding hydrogens is 306 g/mol. The van der Waals surface area contributed by atoms with Crippen molar-refractivity contribution < 1.29 is 15.0 Å². The molecule has 1 aromatic rings. The van der Waals surface area contributed by atoms with Crippen LogP contribution in [-0.4, -0.2) is 16.8 Å². The predicted octanol–water partition coefficient (Wildman–Crippen LogP) is 5.10. The number of unbranched alkanes of at least 4 members (excludes halogenated alkanes) is 1. The molecule has 1 aliphatic carbocycles. The number of phenols is 1. The minimum Gasteiger partial charge on any atom is -0.508 e. The summed E-state index contributed by atoms with van der Waals surface area (Å²) in [7, 11) is 0. The van der Waals surface area contributed by atoms with Gasteiger partial charge in [0.05, 0.1) is 6.61 Å². The summed E-state index contributed by atoms with van der Waals surface area (Å²) in [5.41, 5.74) is 2.14. The van der Waals surface area contributed by atoms with E-state index in [2.05, 4.69) is 30.8 Å². The molecule has 0 aliphatic heterocycles. The van der Waals surface area contributed by atoms with Gasteiger partial charge >= 0.3 is 0 Å². The lowest BCUT2D eigenvalue weighted by molar-refractivity contribution is -0.757. The lowest BCUT2D eigenvalue weighted by Gasteiger charge is -2.28. The lowest BCUT2D eigenvalue weighted by Crippen LogP contribution is -2.18. The van der Waals surface area contributed by atoms with Crippen LogP contribution < -0.4 is 0 Å². The van der Waals surface area contributed by atoms with Crippen molar-refractivity contribution in [1.82, 2.24) is 0 Å². The molecule has 0 atom stereocenters. The fourth-order valence-electron chi connectivity index (χ4n) is 3.68. The van der Waals surface area contributed by atoms with Gasteiger partial charge in [-0.05, 0) is 54.2 Å². The number of nitrogens with zero attached hydrogens (tertiary/aromatic N) is 1. The quantitative estimate of drug-likeness (QED) is 0.408. The van der Waals surface area contributed by atoms with Gasteiger partial charge in [-0.1, -0.05) is 51.7 Å². The lowest BCUT2D eigenvalue weighted by atomic mass is 9.78. The summed E-state index contributed by atoms with van der Waals surface area (Å²) in [5.74, 6) is 0.916. The molecule has 5 nitrogen and oxygen atoms in total. The van der Waals surface area contributed by atoms with Crippen molar-refractivity contribution in [3.8, 4) is 5.75 Å². The maximum Gasteiger partial charge on any atom is 0.294 e. The van der Waals surface area contributed by atoms with Crippen molar-refractivity contribution in [2.24, 2.45) is 0 Å². The highest BCUT2D eigenvalue weighted by Crippen LogP contribution is 2.39. The van der Waals surface area contributed by atoms with E-state index in [4.69, 9.17) is 0 Å². The molecular formula is C19H29NO4. The van der Waals surface area contributed by atoms with Crippen molar-refractivity contribution in [2.45, 2.75) is 76.5 Å². The number of benzene rings is 1. The molecule has 1 N–H and O–H groups in total. The molecule has 0 radical (unpaired) electrons. The molecule has 134 valence electrons. The Bertz CT molecular complexity index is 550. The van der Waals surface area contributed by atoms with Gasteiger partial charge in [0.15, 0.2) is 0 Å². The molecule has 1 aliphatic rings. The van der Waals surface area contributed by atoms with Crippen molar-refractivity contribution in [1.29, 1.82) is 0 Å². The van der Waals surface area contributed by atoms with Gasteiger partial charge < -0.3 is 9.94 Å². The second-order valence-electron chi connectivity index (χ2n) is 7.51. The first kappa shape index (κ1) is 18.6. The summed E-state index contributed by atoms with van der Waals surface area (Å²) in [4.78, 5) is 14.5. The van der Waals surface area contributed by atoms with Crippen LogP contribution in [0.3, 0.4) is 0 Å². The first-order valence-corrected chi connectivity index (χ1v) is 9.01. The van der Waals surface area contributed by atoms with E-state index in [9.17, 15) is 15.2 Å². The van der Waals surface area contributed by atoms with Crippen molar-refractivity contribution in [2.75, 3.05) is 6.61 Å². The van der Waals surface area contributed by atoms with Gasteiger partial charge in [-0.3, -0.25) is 0 Å². The zero-order valence-electron chi connectivity index (χ0n) is 14.8. The van der Waals surface area contributed by atoms with Crippen molar-refractivity contribution in [3.63, 3.8) is 0 Å². The fraction of sp³-hybridized carbons (Fsp3) is 0.684. The Kier molecular flexibility index (Phi) is 6.46. The monoisotopic (exact) mass is 335 g/mol. The van der Waals surface area contributed by atoms with Gasteiger partial charge in [0, 0.05) is 0 Å². The molecule has 0 spiro atoms. The number of hydrogen-bond acceptors (Lipinski definition) is 4. The topological polar surface area (TPSA) is 72.6 Å². The minimum absolute atomic E-state index is 0.0722. The Labute approximate surface area is 144 Å². The summed E-state index contributed by atoms with van der Waals surface area (Å²) in [5, 5.41) is 19.9. The van der Waals surface area contributed by atoms with Gasteiger partial charge in [0.25, 0.3) is 5.09 Å². The normalized spacial score (nSPS) is 16.1. The van der Waals surface area contributed by atoms with E-state index in [0.717, 1.165) is 24.0 Å². The number of aromatic hydroxyl groups is 1. The van der Waals surface area contributed by atoms with Gasteiger partial charge in [-0.2, -0.15) is 0 Å². The second kappa shape index (κ2) is 8.36. The van der Waals surface area contributed by atoms with Crippen LogP contribution in [-0.2, 0) is 10.3 Å². The van der Waals surface area contributed by atoms with Crippen LogP contribution in [0.1, 0.15) is 82.3 Å². The van der Waals surface area contributed by atoms with E-state index < -0.39 is 5.09 Å². The average molecular weight is 335 g/mol. The first-order valence-electron chi connectivity index (χ1n) is 9.01. The first-order chi connectivity index (χ1) is 11.4. The van der Waals surface area contributed by atoms with E-state index in [1.165, 1.54) is 32.1 Å². The minimum atomic E-state index is -0.743. The molecule has 0 bridgehead atoms. The standard InChI is InChI=1S/C19H29NO4/c1-19(2,12-6-7-13-24-20(22)23)16-10-11-17(18(21)14-16)15-8-4-3-5-9-15/h10-11,14-15,21H,3-9,12-13H2,1-2H3. The zero-order chi connectivity index (χ0) is 17.6. The average Bonchev–Trinajstić information content (AvgIpc) is 2.55. The highest BCUT2D eigenvalue weighted by molar-refractivity contribution is 5.41. The smallest absolute Gasteiger partial charge is 0.294 e. The third-order valence-electron chi connectivity index (χ3n) is 5.25. The summed E-state index contributed by atoms with van der Waals surface area (Å²) in [6.45, 7) is 4.45. The van der Waals surface area contributed by atoms with Crippen LogP contribution >= 0.6 is 0 Å². The highest BCUT2D eigenvalue weighted by atomic mass is 16.9. The molecule has 24 heavy (non-hydrogen) atoms. The molecule has 0 saturated heterocycles. The molecule has 0 amide bonds. The Morgan fingerprint density at radius 3 is 2.58 bits per heavy atom. The summed E-state index contributed by atoms with van der Waals surface area (Å²) >= 11 is 0. The Hall–Kier alpha value is -1.78. The highest BCUT2D eigenvalue weighted by Gasteiger charge is 2.24. The Balaban J connectivity index is 1.94. The molecule has 5 heteroatoms. The fourth-order valence-corrected chi connectivity index (χ4v) is 3.68. The SMILES string of the molecule is CC(C)(CCCCO[N+](=O)[O-])c1ccc(C2CCCCC2)c(O)c1. The number of phenolic OH excluding ortho intramolecular Hbond substituents is 1. The number of hydrogen-bond donors (Lipinski definition) is 1. The maximum absolute atomic E-state index is 10.5. The molecule has 0 unspecified atom stereocenters. The Morgan fingerprint density at radius 1 is 1.25 bits per heavy atom. The van der Waals surface area contributed by atoms with E-state index in [0.29, 0.717) is 18.1 Å². The largest absolute Gasteiger partial charge is 0.508 e. The van der Waals surface area contributed by atoms with Crippen molar-refractivity contribution in [3.05, 3.63) is 39.4 Å². The molecule has 0 aromatic heterocycles. The summed E-state index contributed by atoms with van der Waals surface area (Å²) in [6, 6.07) is 6.15. The van der Waals surface area contributed by atoms with Crippen molar-refractivity contribution >= 4 is 0 Å². The van der Waals surface area contributed by atoms with E-state index in [1.807, 2.05) is 6.07 Å². The van der Waals surface area contributed by atoms with Crippen LogP contribution in [0.25, 0.3) is 0 Å². The molecule has 0 heterocycles. The van der Waals surface area contributed by atoms with Gasteiger partial charge in [0.2, 0.25) is 0 Å². The van der Waals surface area contributed by atoms with Crippen LogP contribution in [0.4, 0.5) is 0 Å². The van der Waals surface area contributed by atoms with E-state index >= 15 is 0 Å². The third kappa shape index (κ3) is 5.11. The Morgan fingerprint density at radius 2 is 1.96 bits per heavy atom. The van der Waals surface area contributed by atoms with E-state index in [-0.39, 0.29) is 12.0 Å². The zero-order valence-corrected chi connectivity index (χ0v) is 14.8. The molecule has 1 saturated carbocycles. The number of rotatable bonds is 8. The van der Waals surface area contributed by atoms with Crippen LogP contribution in [0.5, 0.6) is 5.75 Å². The second-order valence-corrected chi connectivity index (χ2v) is 7.51. The van der Waals surface area contributed by atoms with Crippen LogP contribution in [0.2, 0.25) is 0 Å². The maximum atomic E-state index is 10.5. The van der Waals surface area contributed by atoms with Crippen LogP contribution in [0.15, 0.2) is 18.2 Å². The van der Waals surface area contributed by atoms with Gasteiger partial charge in [-0.25, -0.2) is 0 Å². The van der Waals surface area contributed by atoms with Crippen LogP contribution in [0, 0.1) is 10.1 Å². The van der Waals surface area contributed by atoms with E-state index in [1.54, 1.807) is 0 Å².